The lowest BCUT2D eigenvalue weighted by molar-refractivity contribution is 0.112. The number of para-hydroxylation sites is 1. The maximum atomic E-state index is 10.8. The first-order valence-corrected chi connectivity index (χ1v) is 7.93. The number of aldehydes is 1. The van der Waals surface area contributed by atoms with Gasteiger partial charge in [-0.15, -0.1) is 0 Å². The molecular weight excluding hydrogens is 284 g/mol. The molecule has 23 heavy (non-hydrogen) atoms. The van der Waals surface area contributed by atoms with Gasteiger partial charge in [0, 0.05) is 35.8 Å². The van der Waals surface area contributed by atoms with Gasteiger partial charge in [-0.25, -0.2) is 0 Å². The first kappa shape index (κ1) is 15.5. The summed E-state index contributed by atoms with van der Waals surface area (Å²) in [6.07, 6.45) is 4.20. The van der Waals surface area contributed by atoms with E-state index in [1.54, 1.807) is 0 Å². The second-order valence-electron chi connectivity index (χ2n) is 6.21. The highest BCUT2D eigenvalue weighted by molar-refractivity contribution is 5.84. The third-order valence-corrected chi connectivity index (χ3v) is 4.17. The summed E-state index contributed by atoms with van der Waals surface area (Å²) in [5.74, 6) is 0. The normalized spacial score (nSPS) is 11.3. The number of aromatic nitrogens is 1. The number of hydrogen-bond acceptors (Lipinski definition) is 2. The van der Waals surface area contributed by atoms with Crippen molar-refractivity contribution in [1.29, 1.82) is 0 Å². The van der Waals surface area contributed by atoms with Crippen LogP contribution in [0.4, 0.5) is 0 Å². The predicted molar refractivity (Wildman–Crippen MR) is 95.1 cm³/mol. The molecule has 0 N–H and O–H groups in total. The Morgan fingerprint density at radius 3 is 2.48 bits per heavy atom. The molecule has 3 nitrogen and oxygen atoms in total. The first-order chi connectivity index (χ1) is 11.2. The van der Waals surface area contributed by atoms with Crippen LogP contribution in [-0.4, -0.2) is 36.4 Å². The number of likely N-dealkylation sites (N-methyl/N-ethyl adjacent to an activating group) is 1. The average Bonchev–Trinajstić information content (AvgIpc) is 2.92. The summed E-state index contributed by atoms with van der Waals surface area (Å²) in [7, 11) is 4.21. The summed E-state index contributed by atoms with van der Waals surface area (Å²) >= 11 is 0. The molecule has 2 aromatic carbocycles. The molecule has 0 aliphatic carbocycles. The molecule has 0 aliphatic heterocycles. The molecule has 0 unspecified atom stereocenters. The van der Waals surface area contributed by atoms with Crippen molar-refractivity contribution < 1.29 is 4.79 Å². The van der Waals surface area contributed by atoms with Crippen LogP contribution in [0.1, 0.15) is 21.5 Å². The minimum atomic E-state index is 0.720. The van der Waals surface area contributed by atoms with Gasteiger partial charge in [0.2, 0.25) is 0 Å². The standard InChI is InChI=1S/C20H22N2O/c1-21(2)12-11-18-14-22(20-6-4-3-5-19(18)20)13-16-7-9-17(15-23)10-8-16/h3-10,14-15H,11-13H2,1-2H3. The molecule has 0 bridgehead atoms. The van der Waals surface area contributed by atoms with Crippen LogP contribution < -0.4 is 0 Å². The first-order valence-electron chi connectivity index (χ1n) is 7.93. The second kappa shape index (κ2) is 6.80. The minimum absolute atomic E-state index is 0.720. The van der Waals surface area contributed by atoms with E-state index >= 15 is 0 Å². The van der Waals surface area contributed by atoms with Crippen LogP contribution in [0.3, 0.4) is 0 Å². The van der Waals surface area contributed by atoms with Crippen molar-refractivity contribution in [1.82, 2.24) is 9.47 Å². The Balaban J connectivity index is 1.91. The summed E-state index contributed by atoms with van der Waals surface area (Å²) in [6.45, 7) is 1.86. The van der Waals surface area contributed by atoms with Gasteiger partial charge in [0.1, 0.15) is 6.29 Å². The highest BCUT2D eigenvalue weighted by Crippen LogP contribution is 2.23. The Labute approximate surface area is 137 Å². The second-order valence-corrected chi connectivity index (χ2v) is 6.21. The average molecular weight is 306 g/mol. The van der Waals surface area contributed by atoms with Crippen molar-refractivity contribution in [3.63, 3.8) is 0 Å². The number of carbonyl (C=O) groups is 1. The molecule has 3 heteroatoms. The van der Waals surface area contributed by atoms with Crippen molar-refractivity contribution in [2.24, 2.45) is 0 Å². The van der Waals surface area contributed by atoms with E-state index in [0.717, 1.165) is 31.4 Å². The monoisotopic (exact) mass is 306 g/mol. The third kappa shape index (κ3) is 3.51. The van der Waals surface area contributed by atoms with Gasteiger partial charge in [0.05, 0.1) is 0 Å². The van der Waals surface area contributed by atoms with Gasteiger partial charge in [0.15, 0.2) is 0 Å². The van der Waals surface area contributed by atoms with Crippen LogP contribution >= 0.6 is 0 Å². The number of fused-ring (bicyclic) bond motifs is 1. The Hall–Kier alpha value is -2.39. The molecule has 118 valence electrons. The highest BCUT2D eigenvalue weighted by atomic mass is 16.1. The van der Waals surface area contributed by atoms with E-state index in [-0.39, 0.29) is 0 Å². The SMILES string of the molecule is CN(C)CCc1cn(Cc2ccc(C=O)cc2)c2ccccc12. The van der Waals surface area contributed by atoms with Gasteiger partial charge in [-0.05, 0) is 37.7 Å². The summed E-state index contributed by atoms with van der Waals surface area (Å²) in [6, 6.07) is 16.4. The van der Waals surface area contributed by atoms with E-state index < -0.39 is 0 Å². The number of benzene rings is 2. The molecular formula is C20H22N2O. The topological polar surface area (TPSA) is 25.2 Å². The molecule has 0 aliphatic rings. The van der Waals surface area contributed by atoms with Crippen molar-refractivity contribution in [2.45, 2.75) is 13.0 Å². The molecule has 0 radical (unpaired) electrons. The molecule has 3 aromatic rings. The zero-order chi connectivity index (χ0) is 16.2. The quantitative estimate of drug-likeness (QED) is 0.650. The zero-order valence-corrected chi connectivity index (χ0v) is 13.7. The van der Waals surface area contributed by atoms with Crippen molar-refractivity contribution in [3.05, 3.63) is 71.4 Å². The summed E-state index contributed by atoms with van der Waals surface area (Å²) in [4.78, 5) is 13.0. The lowest BCUT2D eigenvalue weighted by atomic mass is 10.1. The molecule has 1 aromatic heterocycles. The zero-order valence-electron chi connectivity index (χ0n) is 13.7. The van der Waals surface area contributed by atoms with E-state index in [4.69, 9.17) is 0 Å². The smallest absolute Gasteiger partial charge is 0.150 e. The van der Waals surface area contributed by atoms with Crippen LogP contribution in [0.15, 0.2) is 54.7 Å². The largest absolute Gasteiger partial charge is 0.343 e. The molecule has 0 atom stereocenters. The Morgan fingerprint density at radius 1 is 1.04 bits per heavy atom. The van der Waals surface area contributed by atoms with Gasteiger partial charge in [-0.1, -0.05) is 42.5 Å². The Morgan fingerprint density at radius 2 is 1.78 bits per heavy atom. The highest BCUT2D eigenvalue weighted by Gasteiger charge is 2.08. The van der Waals surface area contributed by atoms with E-state index in [1.807, 2.05) is 24.3 Å². The maximum absolute atomic E-state index is 10.8. The van der Waals surface area contributed by atoms with E-state index in [1.165, 1.54) is 22.0 Å². The fourth-order valence-corrected chi connectivity index (χ4v) is 2.90. The lowest BCUT2D eigenvalue weighted by Crippen LogP contribution is -2.14. The van der Waals surface area contributed by atoms with Crippen LogP contribution in [0.5, 0.6) is 0 Å². The molecule has 3 rings (SSSR count). The summed E-state index contributed by atoms with van der Waals surface area (Å²) in [5, 5.41) is 1.33. The van der Waals surface area contributed by atoms with Crippen LogP contribution in [0, 0.1) is 0 Å². The van der Waals surface area contributed by atoms with Crippen molar-refractivity contribution in [2.75, 3.05) is 20.6 Å². The van der Waals surface area contributed by atoms with Crippen LogP contribution in [-0.2, 0) is 13.0 Å². The van der Waals surface area contributed by atoms with Crippen molar-refractivity contribution >= 4 is 17.2 Å². The Kier molecular flexibility index (Phi) is 4.58. The minimum Gasteiger partial charge on any atom is -0.343 e. The molecule has 0 fully saturated rings. The van der Waals surface area contributed by atoms with Gasteiger partial charge >= 0.3 is 0 Å². The van der Waals surface area contributed by atoms with Gasteiger partial charge in [-0.3, -0.25) is 4.79 Å². The lowest BCUT2D eigenvalue weighted by Gasteiger charge is -2.08. The van der Waals surface area contributed by atoms with Gasteiger partial charge in [-0.2, -0.15) is 0 Å². The molecule has 0 saturated carbocycles. The summed E-state index contributed by atoms with van der Waals surface area (Å²) < 4.78 is 2.30. The Bertz CT molecular complexity index is 800. The van der Waals surface area contributed by atoms with Crippen LogP contribution in [0.25, 0.3) is 10.9 Å². The number of nitrogens with zero attached hydrogens (tertiary/aromatic N) is 2. The molecule has 0 amide bonds. The molecule has 1 heterocycles. The van der Waals surface area contributed by atoms with E-state index in [2.05, 4.69) is 54.0 Å². The van der Waals surface area contributed by atoms with Gasteiger partial charge in [0.25, 0.3) is 0 Å². The molecule has 0 spiro atoms. The van der Waals surface area contributed by atoms with Gasteiger partial charge < -0.3 is 9.47 Å². The summed E-state index contributed by atoms with van der Waals surface area (Å²) in [5.41, 5.74) is 4.58. The maximum Gasteiger partial charge on any atom is 0.150 e. The third-order valence-electron chi connectivity index (χ3n) is 4.17. The van der Waals surface area contributed by atoms with E-state index in [9.17, 15) is 4.79 Å². The fraction of sp³-hybridized carbons (Fsp3) is 0.250. The van der Waals surface area contributed by atoms with Crippen LogP contribution in [0.2, 0.25) is 0 Å². The molecule has 0 saturated heterocycles. The van der Waals surface area contributed by atoms with E-state index in [0.29, 0.717) is 0 Å². The van der Waals surface area contributed by atoms with Crippen molar-refractivity contribution in [3.8, 4) is 0 Å². The number of hydrogen-bond donors (Lipinski definition) is 0. The predicted octanol–water partition coefficient (Wildman–Crippen LogP) is 3.61. The fourth-order valence-electron chi connectivity index (χ4n) is 2.90. The number of rotatable bonds is 6. The number of carbonyl (C=O) groups excluding carboxylic acids is 1.